The molecule has 3 aromatic heterocycles. The van der Waals surface area contributed by atoms with Gasteiger partial charge in [0.1, 0.15) is 23.6 Å². The summed E-state index contributed by atoms with van der Waals surface area (Å²) in [6.07, 6.45) is 16.7. The lowest BCUT2D eigenvalue weighted by Gasteiger charge is -2.28. The van der Waals surface area contributed by atoms with E-state index >= 15 is 4.39 Å². The van der Waals surface area contributed by atoms with Crippen LogP contribution in [0.15, 0.2) is 72.8 Å². The standard InChI is InChI=1S/C28H29FN5O2PS/c29-25-15-22(10-9-21(25)7-1-5-20-6-3-12-31-16-20)24-17-34(28-26(24)27(30)32-18-33-28)23-8-2-4-19(14-23)11-13-38(35,36)37/h1,3,6-7,9-13,15-19,23H,2,4-5,8,14,37H2,(H2,30,32,33)/b7-1+,13-11+. The van der Waals surface area contributed by atoms with Crippen molar-refractivity contribution in [3.8, 4) is 11.1 Å². The molecule has 1 saturated carbocycles. The van der Waals surface area contributed by atoms with E-state index in [1.165, 1.54) is 17.8 Å². The number of nitrogens with two attached hydrogens (primary N) is 1. The largest absolute Gasteiger partial charge is 0.383 e. The number of fused-ring (bicyclic) bond motifs is 1. The lowest BCUT2D eigenvalue weighted by molar-refractivity contribution is 0.308. The van der Waals surface area contributed by atoms with Crippen LogP contribution in [0.5, 0.6) is 0 Å². The van der Waals surface area contributed by atoms with Crippen molar-refractivity contribution in [2.24, 2.45) is 5.92 Å². The first-order chi connectivity index (χ1) is 18.3. The SMILES string of the molecule is Nc1ncnc2c1c(-c1ccc(/C=C/Cc3cccnc3)c(F)c1)cn2C1CCCC(/C=C/S(=O)(=O)P)C1. The fourth-order valence-corrected chi connectivity index (χ4v) is 5.84. The highest BCUT2D eigenvalue weighted by molar-refractivity contribution is 8.39. The minimum absolute atomic E-state index is 0.107. The third kappa shape index (κ3) is 6.00. The number of pyridine rings is 1. The summed E-state index contributed by atoms with van der Waals surface area (Å²) in [6.45, 7) is 0. The Morgan fingerprint density at radius 3 is 2.84 bits per heavy atom. The van der Waals surface area contributed by atoms with Crippen LogP contribution < -0.4 is 5.73 Å². The molecule has 2 N–H and O–H groups in total. The summed E-state index contributed by atoms with van der Waals surface area (Å²) in [5.41, 5.74) is 10.0. The van der Waals surface area contributed by atoms with Crippen LogP contribution in [0, 0.1) is 11.7 Å². The van der Waals surface area contributed by atoms with Gasteiger partial charge in [0.15, 0.2) is 9.46 Å². The van der Waals surface area contributed by atoms with Gasteiger partial charge in [-0.05, 0) is 63.3 Å². The highest BCUT2D eigenvalue weighted by atomic mass is 32.7. The number of allylic oxidation sites excluding steroid dienone is 2. The van der Waals surface area contributed by atoms with Gasteiger partial charge in [-0.25, -0.2) is 22.8 Å². The molecular weight excluding hydrogens is 520 g/mol. The topological polar surface area (TPSA) is 104 Å². The average molecular weight is 550 g/mol. The molecular formula is C28H29FN5O2PS. The van der Waals surface area contributed by atoms with Crippen LogP contribution in [-0.4, -0.2) is 27.9 Å². The Bertz CT molecular complexity index is 1620. The zero-order valence-electron chi connectivity index (χ0n) is 20.7. The Morgan fingerprint density at radius 2 is 2.08 bits per heavy atom. The van der Waals surface area contributed by atoms with Crippen molar-refractivity contribution < 1.29 is 12.8 Å². The second-order valence-corrected chi connectivity index (χ2v) is 13.0. The highest BCUT2D eigenvalue weighted by Crippen LogP contribution is 2.40. The van der Waals surface area contributed by atoms with E-state index in [0.29, 0.717) is 34.4 Å². The van der Waals surface area contributed by atoms with Gasteiger partial charge in [-0.2, -0.15) is 0 Å². The molecule has 3 heterocycles. The highest BCUT2D eigenvalue weighted by Gasteiger charge is 2.26. The quantitative estimate of drug-likeness (QED) is 0.287. The van der Waals surface area contributed by atoms with Crippen molar-refractivity contribution in [2.75, 3.05) is 5.73 Å². The molecule has 1 aliphatic rings. The number of nitrogen functional groups attached to an aromatic ring is 1. The summed E-state index contributed by atoms with van der Waals surface area (Å²) in [5.74, 6) is 0.146. The molecule has 3 atom stereocenters. The molecule has 4 aromatic rings. The molecule has 1 fully saturated rings. The van der Waals surface area contributed by atoms with Crippen LogP contribution in [0.2, 0.25) is 0 Å². The van der Waals surface area contributed by atoms with Crippen LogP contribution >= 0.6 is 8.44 Å². The minimum atomic E-state index is -3.26. The first-order valence-corrected chi connectivity index (χ1v) is 15.5. The third-order valence-electron chi connectivity index (χ3n) is 6.94. The number of hydrogen-bond donors (Lipinski definition) is 1. The second kappa shape index (κ2) is 11.1. The number of hydrogen-bond acceptors (Lipinski definition) is 6. The number of anilines is 1. The molecule has 3 unspecified atom stereocenters. The van der Waals surface area contributed by atoms with Crippen LogP contribution in [-0.2, 0) is 15.9 Å². The summed E-state index contributed by atoms with van der Waals surface area (Å²) < 4.78 is 40.4. The van der Waals surface area contributed by atoms with Crippen LogP contribution in [0.3, 0.4) is 0 Å². The average Bonchev–Trinajstić information content (AvgIpc) is 3.30. The molecule has 38 heavy (non-hydrogen) atoms. The molecule has 1 aromatic carbocycles. The normalized spacial score (nSPS) is 18.6. The monoisotopic (exact) mass is 549 g/mol. The van der Waals surface area contributed by atoms with Crippen molar-refractivity contribution in [1.82, 2.24) is 19.5 Å². The fraction of sp³-hybridized carbons (Fsp3) is 0.250. The van der Waals surface area contributed by atoms with E-state index in [1.54, 1.807) is 30.6 Å². The summed E-state index contributed by atoms with van der Waals surface area (Å²) in [4.78, 5) is 12.8. The van der Waals surface area contributed by atoms with Gasteiger partial charge in [0.2, 0.25) is 0 Å². The van der Waals surface area contributed by atoms with E-state index in [1.807, 2.05) is 38.9 Å². The molecule has 1 aliphatic carbocycles. The number of nitrogens with zero attached hydrogens (tertiary/aromatic N) is 4. The molecule has 196 valence electrons. The maximum absolute atomic E-state index is 15.2. The predicted molar refractivity (Wildman–Crippen MR) is 153 cm³/mol. The number of benzene rings is 1. The Hall–Kier alpha value is -3.42. The van der Waals surface area contributed by atoms with Gasteiger partial charge in [-0.3, -0.25) is 4.98 Å². The first-order valence-electron chi connectivity index (χ1n) is 12.5. The summed E-state index contributed by atoms with van der Waals surface area (Å²) in [6, 6.07) is 9.13. The molecule has 5 rings (SSSR count). The summed E-state index contributed by atoms with van der Waals surface area (Å²) in [5, 5.41) is 1.96. The molecule has 0 amide bonds. The van der Waals surface area contributed by atoms with Crippen molar-refractivity contribution in [1.29, 1.82) is 0 Å². The summed E-state index contributed by atoms with van der Waals surface area (Å²) >= 11 is 0. The lowest BCUT2D eigenvalue weighted by atomic mass is 9.85. The molecule has 10 heteroatoms. The van der Waals surface area contributed by atoms with Crippen molar-refractivity contribution in [3.63, 3.8) is 0 Å². The van der Waals surface area contributed by atoms with E-state index in [4.69, 9.17) is 5.73 Å². The van der Waals surface area contributed by atoms with E-state index in [0.717, 1.165) is 36.8 Å². The van der Waals surface area contributed by atoms with E-state index in [-0.39, 0.29) is 17.8 Å². The Balaban J connectivity index is 1.45. The summed E-state index contributed by atoms with van der Waals surface area (Å²) in [7, 11) is -1.40. The van der Waals surface area contributed by atoms with Gasteiger partial charge in [-0.1, -0.05) is 42.8 Å². The van der Waals surface area contributed by atoms with Gasteiger partial charge in [0.05, 0.1) is 5.39 Å². The Morgan fingerprint density at radius 1 is 1.21 bits per heavy atom. The van der Waals surface area contributed by atoms with Gasteiger partial charge in [0, 0.05) is 41.2 Å². The third-order valence-corrected chi connectivity index (χ3v) is 7.95. The van der Waals surface area contributed by atoms with Crippen molar-refractivity contribution in [3.05, 3.63) is 89.8 Å². The van der Waals surface area contributed by atoms with Crippen LogP contribution in [0.25, 0.3) is 28.2 Å². The first kappa shape index (κ1) is 26.2. The number of rotatable bonds is 7. The minimum Gasteiger partial charge on any atom is -0.383 e. The Kier molecular flexibility index (Phi) is 7.68. The molecule has 0 spiro atoms. The van der Waals surface area contributed by atoms with Crippen LogP contribution in [0.1, 0.15) is 42.9 Å². The van der Waals surface area contributed by atoms with Crippen molar-refractivity contribution in [2.45, 2.75) is 38.1 Å². The van der Waals surface area contributed by atoms with Gasteiger partial charge in [0.25, 0.3) is 0 Å². The number of aromatic nitrogens is 4. The molecule has 0 saturated heterocycles. The zero-order chi connectivity index (χ0) is 26.7. The fourth-order valence-electron chi connectivity index (χ4n) is 5.13. The second-order valence-electron chi connectivity index (χ2n) is 9.61. The maximum Gasteiger partial charge on any atom is 0.182 e. The zero-order valence-corrected chi connectivity index (χ0v) is 22.7. The number of halogens is 1. The lowest BCUT2D eigenvalue weighted by Crippen LogP contribution is -2.18. The van der Waals surface area contributed by atoms with Gasteiger partial charge >= 0.3 is 0 Å². The van der Waals surface area contributed by atoms with E-state index < -0.39 is 9.46 Å². The predicted octanol–water partition coefficient (Wildman–Crippen LogP) is 5.92. The smallest absolute Gasteiger partial charge is 0.182 e. The van der Waals surface area contributed by atoms with E-state index in [9.17, 15) is 8.42 Å². The molecule has 0 radical (unpaired) electrons. The maximum atomic E-state index is 15.2. The van der Waals surface area contributed by atoms with E-state index in [2.05, 4.69) is 19.5 Å². The molecule has 0 bridgehead atoms. The van der Waals surface area contributed by atoms with Crippen molar-refractivity contribution >= 4 is 40.8 Å². The van der Waals surface area contributed by atoms with Gasteiger partial charge < -0.3 is 10.3 Å². The van der Waals surface area contributed by atoms with Crippen LogP contribution in [0.4, 0.5) is 10.2 Å². The van der Waals surface area contributed by atoms with Gasteiger partial charge in [-0.15, -0.1) is 0 Å². The molecule has 7 nitrogen and oxygen atoms in total. The molecule has 0 aliphatic heterocycles. The Labute approximate surface area is 223 Å².